The van der Waals surface area contributed by atoms with Crippen LogP contribution in [0.25, 0.3) is 11.8 Å². The van der Waals surface area contributed by atoms with Crippen molar-refractivity contribution in [1.29, 1.82) is 0 Å². The van der Waals surface area contributed by atoms with E-state index in [9.17, 15) is 36.3 Å². The number of nitrogens with zero attached hydrogens (tertiary/aromatic N) is 2. The van der Waals surface area contributed by atoms with Crippen molar-refractivity contribution in [1.82, 2.24) is 15.2 Å². The molecule has 1 aromatic heterocycles. The smallest absolute Gasteiger partial charge is 0.294 e. The molecule has 2 heterocycles. The van der Waals surface area contributed by atoms with E-state index < -0.39 is 43.5 Å². The number of benzene rings is 2. The first-order chi connectivity index (χ1) is 18.3. The van der Waals surface area contributed by atoms with Gasteiger partial charge in [-0.05, 0) is 60.7 Å². The van der Waals surface area contributed by atoms with Gasteiger partial charge in [-0.15, -0.1) is 0 Å². The summed E-state index contributed by atoms with van der Waals surface area (Å²) in [6.45, 7) is 0. The SMILES string of the molecule is O=C1NN(c2ccc(S(=O)(=O)O)cc2)C(=O)/C1=C/C=C/C=C/c1c(O)n(-c2ccc(S(=O)(=O)O)cc2)[nH]c1=O. The lowest BCUT2D eigenvalue weighted by molar-refractivity contribution is -0.117. The molecule has 39 heavy (non-hydrogen) atoms. The van der Waals surface area contributed by atoms with E-state index in [1.807, 2.05) is 0 Å². The summed E-state index contributed by atoms with van der Waals surface area (Å²) in [5.74, 6) is -1.93. The van der Waals surface area contributed by atoms with Crippen molar-refractivity contribution in [2.45, 2.75) is 9.79 Å². The van der Waals surface area contributed by atoms with E-state index >= 15 is 0 Å². The number of hydrogen-bond acceptors (Lipinski definition) is 8. The van der Waals surface area contributed by atoms with Gasteiger partial charge in [-0.2, -0.15) is 16.8 Å². The molecule has 3 aromatic rings. The van der Waals surface area contributed by atoms with E-state index in [4.69, 9.17) is 9.11 Å². The van der Waals surface area contributed by atoms with E-state index in [1.165, 1.54) is 54.6 Å². The molecule has 1 aliphatic rings. The van der Waals surface area contributed by atoms with Crippen LogP contribution in [0.2, 0.25) is 0 Å². The molecule has 16 heteroatoms. The number of nitrogens with one attached hydrogen (secondary N) is 2. The first kappa shape index (κ1) is 27.3. The number of aromatic nitrogens is 2. The topological polar surface area (TPSA) is 216 Å². The van der Waals surface area contributed by atoms with Gasteiger partial charge in [0.15, 0.2) is 0 Å². The summed E-state index contributed by atoms with van der Waals surface area (Å²) >= 11 is 0. The van der Waals surface area contributed by atoms with E-state index in [2.05, 4.69) is 10.5 Å². The molecule has 0 aliphatic carbocycles. The molecule has 2 aromatic carbocycles. The third-order valence-electron chi connectivity index (χ3n) is 5.34. The summed E-state index contributed by atoms with van der Waals surface area (Å²) in [5, 5.41) is 13.7. The Kier molecular flexibility index (Phi) is 7.12. The average Bonchev–Trinajstić information content (AvgIpc) is 3.32. The van der Waals surface area contributed by atoms with Crippen LogP contribution >= 0.6 is 0 Å². The van der Waals surface area contributed by atoms with Crippen LogP contribution in [-0.4, -0.2) is 52.6 Å². The zero-order valence-electron chi connectivity index (χ0n) is 19.4. The molecule has 4 rings (SSSR count). The molecule has 0 atom stereocenters. The molecule has 0 saturated carbocycles. The monoisotopic (exact) mass is 574 g/mol. The Hall–Kier alpha value is -4.77. The van der Waals surface area contributed by atoms with Gasteiger partial charge in [0.05, 0.1) is 21.2 Å². The molecule has 5 N–H and O–H groups in total. The number of amides is 2. The zero-order valence-corrected chi connectivity index (χ0v) is 21.0. The molecule has 1 saturated heterocycles. The van der Waals surface area contributed by atoms with Crippen molar-refractivity contribution in [3.8, 4) is 11.6 Å². The Morgan fingerprint density at radius 1 is 0.744 bits per heavy atom. The number of rotatable bonds is 7. The highest BCUT2D eigenvalue weighted by atomic mass is 32.2. The lowest BCUT2D eigenvalue weighted by atomic mass is 10.2. The highest BCUT2D eigenvalue weighted by Crippen LogP contribution is 2.23. The van der Waals surface area contributed by atoms with Gasteiger partial charge in [0.25, 0.3) is 37.6 Å². The number of H-pyrrole nitrogens is 1. The quantitative estimate of drug-likeness (QED) is 0.116. The maximum absolute atomic E-state index is 12.6. The molecule has 0 unspecified atom stereocenters. The highest BCUT2D eigenvalue weighted by molar-refractivity contribution is 7.86. The van der Waals surface area contributed by atoms with Crippen LogP contribution < -0.4 is 16.0 Å². The van der Waals surface area contributed by atoms with Crippen molar-refractivity contribution in [3.05, 3.63) is 94.3 Å². The summed E-state index contributed by atoms with van der Waals surface area (Å²) in [6, 6.07) is 9.27. The van der Waals surface area contributed by atoms with Crippen molar-refractivity contribution in [3.63, 3.8) is 0 Å². The highest BCUT2D eigenvalue weighted by Gasteiger charge is 2.34. The summed E-state index contributed by atoms with van der Waals surface area (Å²) in [7, 11) is -8.84. The number of aromatic amines is 1. The second-order valence-electron chi connectivity index (χ2n) is 7.86. The predicted molar refractivity (Wildman–Crippen MR) is 136 cm³/mol. The second kappa shape index (κ2) is 10.2. The van der Waals surface area contributed by atoms with E-state index in [1.54, 1.807) is 0 Å². The zero-order chi connectivity index (χ0) is 28.5. The normalized spacial score (nSPS) is 15.6. The Morgan fingerprint density at radius 2 is 1.28 bits per heavy atom. The first-order valence-corrected chi connectivity index (χ1v) is 13.6. The molecule has 0 radical (unpaired) electrons. The number of allylic oxidation sites excluding steroid dienone is 4. The Labute approximate surface area is 220 Å². The van der Waals surface area contributed by atoms with Crippen LogP contribution in [-0.2, 0) is 29.8 Å². The molecule has 1 fully saturated rings. The van der Waals surface area contributed by atoms with E-state index in [-0.39, 0.29) is 32.3 Å². The van der Waals surface area contributed by atoms with Crippen molar-refractivity contribution >= 4 is 43.8 Å². The number of anilines is 1. The average molecular weight is 575 g/mol. The maximum Gasteiger partial charge on any atom is 0.294 e. The summed E-state index contributed by atoms with van der Waals surface area (Å²) in [4.78, 5) is 36.3. The predicted octanol–water partition coefficient (Wildman–Crippen LogP) is 0.938. The van der Waals surface area contributed by atoms with Crippen LogP contribution in [0.15, 0.2) is 93.0 Å². The fourth-order valence-corrected chi connectivity index (χ4v) is 4.39. The minimum absolute atomic E-state index is 0.139. The Balaban J connectivity index is 1.48. The number of aromatic hydroxyl groups is 1. The molecule has 0 bridgehead atoms. The number of carbonyl (C=O) groups excluding carboxylic acids is 2. The van der Waals surface area contributed by atoms with Crippen molar-refractivity contribution in [2.75, 3.05) is 5.01 Å². The van der Waals surface area contributed by atoms with Crippen LogP contribution in [0.5, 0.6) is 5.88 Å². The lowest BCUT2D eigenvalue weighted by Crippen LogP contribution is -2.35. The summed E-state index contributed by atoms with van der Waals surface area (Å²) in [5.41, 5.74) is 1.64. The standard InChI is InChI=1S/C23H18N4O10S2/c28-20-18(22(30)26(24-20)14-6-10-16(11-7-14)38(32,33)34)4-2-1-3-5-19-21(29)25-27(23(19)31)15-8-12-17(13-9-15)39(35,36)37/h1-13,30H,(H,24,28)(H,25,29)(H,32,33,34)(H,35,36,37)/b3-1+,4-2+,19-5+. The van der Waals surface area contributed by atoms with Crippen LogP contribution in [0.1, 0.15) is 5.56 Å². The van der Waals surface area contributed by atoms with Gasteiger partial charge in [-0.3, -0.25) is 34.0 Å². The van der Waals surface area contributed by atoms with Gasteiger partial charge in [0.1, 0.15) is 11.1 Å². The van der Waals surface area contributed by atoms with E-state index in [0.717, 1.165) is 34.0 Å². The third kappa shape index (κ3) is 5.73. The minimum Gasteiger partial charge on any atom is -0.493 e. The largest absolute Gasteiger partial charge is 0.493 e. The van der Waals surface area contributed by atoms with E-state index in [0.29, 0.717) is 0 Å². The van der Waals surface area contributed by atoms with Crippen LogP contribution in [0, 0.1) is 0 Å². The van der Waals surface area contributed by atoms with Gasteiger partial charge >= 0.3 is 0 Å². The van der Waals surface area contributed by atoms with Gasteiger partial charge < -0.3 is 5.11 Å². The fourth-order valence-electron chi connectivity index (χ4n) is 3.43. The molecule has 202 valence electrons. The lowest BCUT2D eigenvalue weighted by Gasteiger charge is -2.14. The maximum atomic E-state index is 12.6. The minimum atomic E-state index is -4.43. The van der Waals surface area contributed by atoms with Crippen molar-refractivity contribution in [2.24, 2.45) is 0 Å². The second-order valence-corrected chi connectivity index (χ2v) is 10.7. The molecule has 1 aliphatic heterocycles. The molecule has 2 amide bonds. The van der Waals surface area contributed by atoms with Gasteiger partial charge in [0.2, 0.25) is 5.88 Å². The number of hydrazine groups is 1. The molecule has 0 spiro atoms. The molecule has 14 nitrogen and oxygen atoms in total. The number of carbonyl (C=O) groups is 2. The fraction of sp³-hybridized carbons (Fsp3) is 0. The number of hydrogen-bond donors (Lipinski definition) is 5. The third-order valence-corrected chi connectivity index (χ3v) is 7.07. The molecular formula is C23H18N4O10S2. The van der Waals surface area contributed by atoms with Gasteiger partial charge in [-0.1, -0.05) is 18.2 Å². The van der Waals surface area contributed by atoms with Crippen LogP contribution in [0.4, 0.5) is 5.69 Å². The van der Waals surface area contributed by atoms with Crippen LogP contribution in [0.3, 0.4) is 0 Å². The Morgan fingerprint density at radius 3 is 1.82 bits per heavy atom. The molecular weight excluding hydrogens is 556 g/mol. The van der Waals surface area contributed by atoms with Gasteiger partial charge in [-0.25, -0.2) is 9.69 Å². The summed E-state index contributed by atoms with van der Waals surface area (Å²) in [6.07, 6.45) is 6.54. The summed E-state index contributed by atoms with van der Waals surface area (Å²) < 4.78 is 63.8. The Bertz CT molecular complexity index is 1830. The first-order valence-electron chi connectivity index (χ1n) is 10.7. The van der Waals surface area contributed by atoms with Crippen molar-refractivity contribution < 1.29 is 40.6 Å². The van der Waals surface area contributed by atoms with Gasteiger partial charge in [0, 0.05) is 0 Å².